The van der Waals surface area contributed by atoms with E-state index in [9.17, 15) is 9.59 Å². The molecule has 148 valence electrons. The summed E-state index contributed by atoms with van der Waals surface area (Å²) in [4.78, 5) is 25.3. The van der Waals surface area contributed by atoms with Gasteiger partial charge in [-0.25, -0.2) is 4.68 Å². The fraction of sp³-hybridized carbons (Fsp3) is 0.0417. The van der Waals surface area contributed by atoms with Crippen LogP contribution in [0.1, 0.15) is 20.7 Å². The number of carbonyl (C=O) groups is 2. The molecule has 0 saturated carbocycles. The second-order valence-corrected chi connectivity index (χ2v) is 7.09. The van der Waals surface area contributed by atoms with E-state index in [1.807, 2.05) is 48.5 Å². The molecule has 1 N–H and O–H groups in total. The lowest BCUT2D eigenvalue weighted by Gasteiger charge is -2.05. The zero-order chi connectivity index (χ0) is 20.9. The third kappa shape index (κ3) is 4.31. The van der Waals surface area contributed by atoms with Crippen LogP contribution in [0.3, 0.4) is 0 Å². The standard InChI is InChI=1S/C24H18ClN3O2/c25-19-13-11-18(12-14-19)23-21(16-28(27-23)20-9-5-2-6-10-20)24(30)26-15-22(29)17-7-3-1-4-8-17/h1-14,16H,15H2,(H,26,30). The number of para-hydroxylation sites is 1. The van der Waals surface area contributed by atoms with Crippen molar-refractivity contribution in [1.82, 2.24) is 15.1 Å². The van der Waals surface area contributed by atoms with Gasteiger partial charge in [0, 0.05) is 22.3 Å². The van der Waals surface area contributed by atoms with Gasteiger partial charge in [0.15, 0.2) is 5.78 Å². The Hall–Kier alpha value is -3.70. The Kier molecular flexibility index (Phi) is 5.72. The van der Waals surface area contributed by atoms with Gasteiger partial charge in [-0.2, -0.15) is 5.10 Å². The minimum atomic E-state index is -0.369. The van der Waals surface area contributed by atoms with Crippen molar-refractivity contribution in [3.8, 4) is 16.9 Å². The van der Waals surface area contributed by atoms with Gasteiger partial charge in [0.2, 0.25) is 0 Å². The molecule has 3 aromatic carbocycles. The monoisotopic (exact) mass is 415 g/mol. The number of hydrogen-bond acceptors (Lipinski definition) is 3. The number of Topliss-reactive ketones (excluding diaryl/α,β-unsaturated/α-hetero) is 1. The van der Waals surface area contributed by atoms with Crippen LogP contribution in [0.25, 0.3) is 16.9 Å². The van der Waals surface area contributed by atoms with Gasteiger partial charge in [-0.15, -0.1) is 0 Å². The van der Waals surface area contributed by atoms with Crippen molar-refractivity contribution in [2.24, 2.45) is 0 Å². The molecule has 1 amide bonds. The van der Waals surface area contributed by atoms with Crippen molar-refractivity contribution < 1.29 is 9.59 Å². The maximum absolute atomic E-state index is 12.9. The number of nitrogens with one attached hydrogen (secondary N) is 1. The largest absolute Gasteiger partial charge is 0.344 e. The highest BCUT2D eigenvalue weighted by molar-refractivity contribution is 6.30. The van der Waals surface area contributed by atoms with Gasteiger partial charge < -0.3 is 5.32 Å². The summed E-state index contributed by atoms with van der Waals surface area (Å²) in [5, 5.41) is 7.93. The molecule has 0 aliphatic rings. The first-order valence-electron chi connectivity index (χ1n) is 9.39. The third-order valence-electron chi connectivity index (χ3n) is 4.60. The molecule has 0 radical (unpaired) electrons. The van der Waals surface area contributed by atoms with Crippen LogP contribution in [0.5, 0.6) is 0 Å². The van der Waals surface area contributed by atoms with E-state index >= 15 is 0 Å². The zero-order valence-electron chi connectivity index (χ0n) is 16.0. The molecule has 0 atom stereocenters. The summed E-state index contributed by atoms with van der Waals surface area (Å²) in [6.45, 7) is -0.0978. The lowest BCUT2D eigenvalue weighted by molar-refractivity contribution is 0.0904. The van der Waals surface area contributed by atoms with Crippen molar-refractivity contribution in [3.05, 3.63) is 107 Å². The summed E-state index contributed by atoms with van der Waals surface area (Å²) in [6, 6.07) is 25.5. The normalized spacial score (nSPS) is 10.6. The number of hydrogen-bond donors (Lipinski definition) is 1. The number of amides is 1. The molecule has 0 aliphatic heterocycles. The molecule has 0 bridgehead atoms. The maximum atomic E-state index is 12.9. The molecular formula is C24H18ClN3O2. The summed E-state index contributed by atoms with van der Waals surface area (Å²) in [5.41, 5.74) is 3.03. The second-order valence-electron chi connectivity index (χ2n) is 6.65. The molecule has 6 heteroatoms. The highest BCUT2D eigenvalue weighted by atomic mass is 35.5. The number of rotatable bonds is 6. The highest BCUT2D eigenvalue weighted by Gasteiger charge is 2.19. The highest BCUT2D eigenvalue weighted by Crippen LogP contribution is 2.25. The summed E-state index contributed by atoms with van der Waals surface area (Å²) >= 11 is 6.00. The first kappa shape index (κ1) is 19.6. The van der Waals surface area contributed by atoms with Gasteiger partial charge in [0.1, 0.15) is 5.69 Å². The van der Waals surface area contributed by atoms with Crippen LogP contribution in [-0.2, 0) is 0 Å². The minimum absolute atomic E-state index is 0.0978. The van der Waals surface area contributed by atoms with E-state index in [1.165, 1.54) is 0 Å². The molecule has 0 unspecified atom stereocenters. The lowest BCUT2D eigenvalue weighted by Crippen LogP contribution is -2.29. The van der Waals surface area contributed by atoms with Crippen molar-refractivity contribution in [3.63, 3.8) is 0 Å². The SMILES string of the molecule is O=C(CNC(=O)c1cn(-c2ccccc2)nc1-c1ccc(Cl)cc1)c1ccccc1. The summed E-state index contributed by atoms with van der Waals surface area (Å²) < 4.78 is 1.65. The number of benzene rings is 3. The van der Waals surface area contributed by atoms with Crippen molar-refractivity contribution in [2.75, 3.05) is 6.54 Å². The van der Waals surface area contributed by atoms with Crippen LogP contribution in [0, 0.1) is 0 Å². The number of ketones is 1. The number of carbonyl (C=O) groups excluding carboxylic acids is 2. The number of halogens is 1. The molecule has 30 heavy (non-hydrogen) atoms. The molecule has 5 nitrogen and oxygen atoms in total. The first-order valence-corrected chi connectivity index (χ1v) is 9.77. The van der Waals surface area contributed by atoms with E-state index in [0.717, 1.165) is 11.3 Å². The van der Waals surface area contributed by atoms with Gasteiger partial charge in [-0.3, -0.25) is 9.59 Å². The van der Waals surface area contributed by atoms with Crippen molar-refractivity contribution in [1.29, 1.82) is 0 Å². The van der Waals surface area contributed by atoms with Crippen LogP contribution < -0.4 is 5.32 Å². The predicted octanol–water partition coefficient (Wildman–Crippen LogP) is 4.81. The maximum Gasteiger partial charge on any atom is 0.255 e. The average Bonchev–Trinajstić information content (AvgIpc) is 3.24. The molecular weight excluding hydrogens is 398 g/mol. The summed E-state index contributed by atoms with van der Waals surface area (Å²) in [7, 11) is 0. The molecule has 0 fully saturated rings. The van der Waals surface area contributed by atoms with Crippen molar-refractivity contribution in [2.45, 2.75) is 0 Å². The van der Waals surface area contributed by atoms with E-state index in [0.29, 0.717) is 21.8 Å². The van der Waals surface area contributed by atoms with E-state index in [4.69, 9.17) is 11.6 Å². The quantitative estimate of drug-likeness (QED) is 0.460. The Morgan fingerprint density at radius 3 is 2.17 bits per heavy atom. The Morgan fingerprint density at radius 1 is 0.867 bits per heavy atom. The first-order chi connectivity index (χ1) is 14.6. The smallest absolute Gasteiger partial charge is 0.255 e. The van der Waals surface area contributed by atoms with Gasteiger partial charge in [0.25, 0.3) is 5.91 Å². The molecule has 4 aromatic rings. The van der Waals surface area contributed by atoms with Crippen LogP contribution in [0.2, 0.25) is 5.02 Å². The molecule has 0 aliphatic carbocycles. The lowest BCUT2D eigenvalue weighted by atomic mass is 10.1. The Bertz CT molecular complexity index is 1170. The minimum Gasteiger partial charge on any atom is -0.344 e. The van der Waals surface area contributed by atoms with Gasteiger partial charge in [-0.1, -0.05) is 72.3 Å². The van der Waals surface area contributed by atoms with Crippen LogP contribution in [0.4, 0.5) is 0 Å². The van der Waals surface area contributed by atoms with Gasteiger partial charge >= 0.3 is 0 Å². The Balaban J connectivity index is 1.63. The number of aromatic nitrogens is 2. The average molecular weight is 416 g/mol. The van der Waals surface area contributed by atoms with Gasteiger partial charge in [-0.05, 0) is 24.3 Å². The Labute approximate surface area is 178 Å². The molecule has 0 saturated heterocycles. The predicted molar refractivity (Wildman–Crippen MR) is 117 cm³/mol. The van der Waals surface area contributed by atoms with E-state index in [-0.39, 0.29) is 18.2 Å². The second kappa shape index (κ2) is 8.76. The van der Waals surface area contributed by atoms with Crippen LogP contribution in [0.15, 0.2) is 91.1 Å². The summed E-state index contributed by atoms with van der Waals surface area (Å²) in [6.07, 6.45) is 1.67. The van der Waals surface area contributed by atoms with Gasteiger partial charge in [0.05, 0.1) is 17.8 Å². The van der Waals surface area contributed by atoms with Crippen LogP contribution in [-0.4, -0.2) is 28.0 Å². The third-order valence-corrected chi connectivity index (χ3v) is 4.85. The van der Waals surface area contributed by atoms with E-state index < -0.39 is 0 Å². The van der Waals surface area contributed by atoms with E-state index in [1.54, 1.807) is 47.3 Å². The van der Waals surface area contributed by atoms with Crippen molar-refractivity contribution >= 4 is 23.3 Å². The number of nitrogens with zero attached hydrogens (tertiary/aromatic N) is 2. The molecule has 1 heterocycles. The Morgan fingerprint density at radius 2 is 1.50 bits per heavy atom. The van der Waals surface area contributed by atoms with E-state index in [2.05, 4.69) is 10.4 Å². The fourth-order valence-electron chi connectivity index (χ4n) is 3.06. The fourth-order valence-corrected chi connectivity index (χ4v) is 3.18. The molecule has 0 spiro atoms. The van der Waals surface area contributed by atoms with Crippen LogP contribution >= 0.6 is 11.6 Å². The topological polar surface area (TPSA) is 64.0 Å². The molecule has 4 rings (SSSR count). The molecule has 1 aromatic heterocycles. The summed E-state index contributed by atoms with van der Waals surface area (Å²) in [5.74, 6) is -0.529. The zero-order valence-corrected chi connectivity index (χ0v) is 16.7.